The summed E-state index contributed by atoms with van der Waals surface area (Å²) in [7, 11) is 3.29. The predicted molar refractivity (Wildman–Crippen MR) is 117 cm³/mol. The highest BCUT2D eigenvalue weighted by atomic mass is 32.2. The van der Waals surface area contributed by atoms with Gasteiger partial charge >= 0.3 is 0 Å². The van der Waals surface area contributed by atoms with E-state index < -0.39 is 0 Å². The van der Waals surface area contributed by atoms with E-state index >= 15 is 0 Å². The lowest BCUT2D eigenvalue weighted by Gasteiger charge is -2.11. The first kappa shape index (κ1) is 21.9. The van der Waals surface area contributed by atoms with Crippen LogP contribution in [-0.4, -0.2) is 53.8 Å². The van der Waals surface area contributed by atoms with Gasteiger partial charge in [-0.2, -0.15) is 0 Å². The first-order valence-electron chi connectivity index (χ1n) is 9.72. The van der Waals surface area contributed by atoms with E-state index in [4.69, 9.17) is 9.47 Å². The SMILES string of the molecule is COCCCNC(=O)CSc1nnc(Cc2ccccc2)n1-c1ccc(OC)cc1. The minimum absolute atomic E-state index is 0.0370. The topological polar surface area (TPSA) is 78.3 Å². The predicted octanol–water partition coefficient (Wildman–Crippen LogP) is 3.11. The summed E-state index contributed by atoms with van der Waals surface area (Å²) in [5, 5.41) is 12.3. The lowest BCUT2D eigenvalue weighted by molar-refractivity contribution is -0.118. The molecule has 30 heavy (non-hydrogen) atoms. The number of nitrogens with zero attached hydrogens (tertiary/aromatic N) is 3. The van der Waals surface area contributed by atoms with Gasteiger partial charge in [0.1, 0.15) is 11.6 Å². The molecule has 0 aliphatic heterocycles. The standard InChI is InChI=1S/C22H26N4O3S/c1-28-14-6-13-23-21(27)16-30-22-25-24-20(15-17-7-4-3-5-8-17)26(22)18-9-11-19(29-2)12-10-18/h3-5,7-12H,6,13-16H2,1-2H3,(H,23,27). The van der Waals surface area contributed by atoms with Crippen LogP contribution in [0, 0.1) is 0 Å². The van der Waals surface area contributed by atoms with Crippen LogP contribution in [0.2, 0.25) is 0 Å². The van der Waals surface area contributed by atoms with Gasteiger partial charge in [0.15, 0.2) is 5.16 Å². The van der Waals surface area contributed by atoms with E-state index in [1.54, 1.807) is 14.2 Å². The lowest BCUT2D eigenvalue weighted by atomic mass is 10.1. The van der Waals surface area contributed by atoms with Gasteiger partial charge in [-0.1, -0.05) is 42.1 Å². The summed E-state index contributed by atoms with van der Waals surface area (Å²) in [6, 6.07) is 17.9. The van der Waals surface area contributed by atoms with Crippen molar-refractivity contribution in [2.24, 2.45) is 0 Å². The van der Waals surface area contributed by atoms with Gasteiger partial charge < -0.3 is 14.8 Å². The summed E-state index contributed by atoms with van der Waals surface area (Å²) in [4.78, 5) is 12.2. The molecule has 0 aliphatic rings. The molecular weight excluding hydrogens is 400 g/mol. The van der Waals surface area contributed by atoms with Gasteiger partial charge in [0.25, 0.3) is 0 Å². The molecule has 1 N–H and O–H groups in total. The van der Waals surface area contributed by atoms with Crippen molar-refractivity contribution in [2.45, 2.75) is 18.0 Å². The van der Waals surface area contributed by atoms with Crippen LogP contribution in [0.3, 0.4) is 0 Å². The molecule has 0 aliphatic carbocycles. The molecule has 1 amide bonds. The number of carbonyl (C=O) groups excluding carboxylic acids is 1. The van der Waals surface area contributed by atoms with Gasteiger partial charge in [-0.15, -0.1) is 10.2 Å². The van der Waals surface area contributed by atoms with Crippen molar-refractivity contribution >= 4 is 17.7 Å². The Kier molecular flexibility index (Phi) is 8.29. The maximum Gasteiger partial charge on any atom is 0.230 e. The summed E-state index contributed by atoms with van der Waals surface area (Å²) < 4.78 is 12.3. The molecule has 0 atom stereocenters. The fourth-order valence-corrected chi connectivity index (χ4v) is 3.70. The van der Waals surface area contributed by atoms with Crippen LogP contribution in [-0.2, 0) is 16.0 Å². The van der Waals surface area contributed by atoms with Gasteiger partial charge in [-0.3, -0.25) is 9.36 Å². The molecule has 0 saturated carbocycles. The van der Waals surface area contributed by atoms with Gasteiger partial charge in [-0.25, -0.2) is 0 Å². The molecule has 0 bridgehead atoms. The molecule has 3 aromatic rings. The van der Waals surface area contributed by atoms with Crippen molar-refractivity contribution in [2.75, 3.05) is 33.1 Å². The first-order valence-corrected chi connectivity index (χ1v) is 10.7. The number of ether oxygens (including phenoxy) is 2. The maximum atomic E-state index is 12.2. The summed E-state index contributed by atoms with van der Waals surface area (Å²) >= 11 is 1.37. The van der Waals surface area contributed by atoms with Crippen molar-refractivity contribution in [3.05, 3.63) is 66.0 Å². The number of carbonyl (C=O) groups is 1. The van der Waals surface area contributed by atoms with Crippen molar-refractivity contribution in [3.8, 4) is 11.4 Å². The van der Waals surface area contributed by atoms with E-state index in [1.165, 1.54) is 11.8 Å². The van der Waals surface area contributed by atoms with Gasteiger partial charge in [0.2, 0.25) is 5.91 Å². The smallest absolute Gasteiger partial charge is 0.230 e. The average molecular weight is 427 g/mol. The Morgan fingerprint density at radius 3 is 2.53 bits per heavy atom. The molecule has 0 fully saturated rings. The molecule has 3 rings (SSSR count). The zero-order valence-electron chi connectivity index (χ0n) is 17.2. The van der Waals surface area contributed by atoms with E-state index in [-0.39, 0.29) is 11.7 Å². The molecule has 2 aromatic carbocycles. The third-order valence-electron chi connectivity index (χ3n) is 4.42. The Morgan fingerprint density at radius 2 is 1.83 bits per heavy atom. The van der Waals surface area contributed by atoms with Crippen LogP contribution in [0.5, 0.6) is 5.75 Å². The van der Waals surface area contributed by atoms with Crippen LogP contribution in [0.1, 0.15) is 17.8 Å². The number of thioether (sulfide) groups is 1. The average Bonchev–Trinajstić information content (AvgIpc) is 3.18. The van der Waals surface area contributed by atoms with Crippen LogP contribution < -0.4 is 10.1 Å². The van der Waals surface area contributed by atoms with Gasteiger partial charge in [0.05, 0.1) is 12.9 Å². The number of benzene rings is 2. The summed E-state index contributed by atoms with van der Waals surface area (Å²) in [5.41, 5.74) is 2.07. The molecule has 7 nitrogen and oxygen atoms in total. The number of nitrogens with one attached hydrogen (secondary N) is 1. The van der Waals surface area contributed by atoms with Crippen molar-refractivity contribution in [3.63, 3.8) is 0 Å². The van der Waals surface area contributed by atoms with Crippen molar-refractivity contribution < 1.29 is 14.3 Å². The van der Waals surface area contributed by atoms with E-state index in [9.17, 15) is 4.79 Å². The van der Waals surface area contributed by atoms with Crippen LogP contribution in [0.4, 0.5) is 0 Å². The van der Waals surface area contributed by atoms with Crippen molar-refractivity contribution in [1.82, 2.24) is 20.1 Å². The highest BCUT2D eigenvalue weighted by Gasteiger charge is 2.16. The van der Waals surface area contributed by atoms with E-state index in [1.807, 2.05) is 47.0 Å². The number of rotatable bonds is 11. The number of aromatic nitrogens is 3. The first-order chi connectivity index (χ1) is 14.7. The van der Waals surface area contributed by atoms with E-state index in [0.29, 0.717) is 24.7 Å². The minimum atomic E-state index is -0.0370. The number of hydrogen-bond donors (Lipinski definition) is 1. The van der Waals surface area contributed by atoms with Crippen LogP contribution in [0.15, 0.2) is 59.8 Å². The van der Waals surface area contributed by atoms with Crippen LogP contribution in [0.25, 0.3) is 5.69 Å². The summed E-state index contributed by atoms with van der Waals surface area (Å²) in [5.74, 6) is 1.83. The van der Waals surface area contributed by atoms with Gasteiger partial charge in [0, 0.05) is 32.4 Å². The highest BCUT2D eigenvalue weighted by molar-refractivity contribution is 7.99. The molecule has 0 radical (unpaired) electrons. The molecule has 0 spiro atoms. The molecule has 1 aromatic heterocycles. The monoisotopic (exact) mass is 426 g/mol. The molecule has 8 heteroatoms. The fourth-order valence-electron chi connectivity index (χ4n) is 2.90. The second-order valence-electron chi connectivity index (χ2n) is 6.58. The number of hydrogen-bond acceptors (Lipinski definition) is 6. The molecular formula is C22H26N4O3S. The largest absolute Gasteiger partial charge is 0.497 e. The van der Waals surface area contributed by atoms with Gasteiger partial charge in [-0.05, 0) is 36.2 Å². The zero-order chi connectivity index (χ0) is 21.2. The third kappa shape index (κ3) is 6.08. The number of methoxy groups -OCH3 is 2. The Morgan fingerprint density at radius 1 is 1.07 bits per heavy atom. The molecule has 0 saturated heterocycles. The van der Waals surface area contributed by atoms with Crippen molar-refractivity contribution in [1.29, 1.82) is 0 Å². The molecule has 0 unspecified atom stereocenters. The highest BCUT2D eigenvalue weighted by Crippen LogP contribution is 2.25. The number of amides is 1. The maximum absolute atomic E-state index is 12.2. The molecule has 1 heterocycles. The normalized spacial score (nSPS) is 10.7. The fraction of sp³-hybridized carbons (Fsp3) is 0.318. The second-order valence-corrected chi connectivity index (χ2v) is 7.52. The third-order valence-corrected chi connectivity index (χ3v) is 5.34. The van der Waals surface area contributed by atoms with E-state index in [2.05, 4.69) is 27.6 Å². The quantitative estimate of drug-likeness (QED) is 0.375. The Hall–Kier alpha value is -2.84. The lowest BCUT2D eigenvalue weighted by Crippen LogP contribution is -2.27. The zero-order valence-corrected chi connectivity index (χ0v) is 18.0. The van der Waals surface area contributed by atoms with Crippen LogP contribution >= 0.6 is 11.8 Å². The Bertz CT molecular complexity index is 929. The minimum Gasteiger partial charge on any atom is -0.497 e. The molecule has 158 valence electrons. The Labute approximate surface area is 180 Å². The second kappa shape index (κ2) is 11.4. The van der Waals surface area contributed by atoms with E-state index in [0.717, 1.165) is 29.2 Å². The summed E-state index contributed by atoms with van der Waals surface area (Å²) in [6.07, 6.45) is 1.43. The Balaban J connectivity index is 1.77. The summed E-state index contributed by atoms with van der Waals surface area (Å²) in [6.45, 7) is 1.22.